The van der Waals surface area contributed by atoms with Crippen molar-refractivity contribution in [2.45, 2.75) is 6.61 Å². The summed E-state index contributed by atoms with van der Waals surface area (Å²) in [5, 5.41) is 5.47. The number of nitrogens with zero attached hydrogens (tertiary/aromatic N) is 1. The van der Waals surface area contributed by atoms with Crippen molar-refractivity contribution in [2.75, 3.05) is 18.2 Å². The third-order valence-electron chi connectivity index (χ3n) is 3.44. The Morgan fingerprint density at radius 1 is 1.05 bits per heavy atom. The van der Waals surface area contributed by atoms with E-state index in [0.29, 0.717) is 6.61 Å². The molecule has 0 unspecified atom stereocenters. The second kappa shape index (κ2) is 5.81. The fraction of sp³-hybridized carbons (Fsp3) is 0.118. The minimum Gasteiger partial charge on any atom is -0.398 e. The van der Waals surface area contributed by atoms with Crippen LogP contribution in [-0.2, 0) is 11.3 Å². The number of hydrogen-bond acceptors (Lipinski definition) is 4. The monoisotopic (exact) mass is 279 g/mol. The van der Waals surface area contributed by atoms with Crippen molar-refractivity contribution in [1.29, 1.82) is 0 Å². The number of methoxy groups -OCH3 is 1. The van der Waals surface area contributed by atoms with Crippen LogP contribution in [-0.4, -0.2) is 12.1 Å². The molecular formula is C17H17N3O. The molecule has 0 fully saturated rings. The number of nitrogens with two attached hydrogens (primary N) is 1. The Kier molecular flexibility index (Phi) is 3.71. The highest BCUT2D eigenvalue weighted by atomic mass is 16.5. The molecule has 3 aromatic rings. The van der Waals surface area contributed by atoms with Crippen LogP contribution in [0.15, 0.2) is 54.9 Å². The lowest BCUT2D eigenvalue weighted by molar-refractivity contribution is 0.185. The summed E-state index contributed by atoms with van der Waals surface area (Å²) in [7, 11) is 1.70. The molecule has 21 heavy (non-hydrogen) atoms. The van der Waals surface area contributed by atoms with Crippen molar-refractivity contribution in [3.05, 3.63) is 60.4 Å². The van der Waals surface area contributed by atoms with Gasteiger partial charge in [-0.1, -0.05) is 18.2 Å². The zero-order valence-corrected chi connectivity index (χ0v) is 11.8. The van der Waals surface area contributed by atoms with Gasteiger partial charge in [-0.05, 0) is 24.3 Å². The number of aromatic nitrogens is 1. The number of hydrogen-bond donors (Lipinski definition) is 2. The van der Waals surface area contributed by atoms with Gasteiger partial charge in [-0.3, -0.25) is 4.98 Å². The average Bonchev–Trinajstić information content (AvgIpc) is 2.52. The first-order valence-corrected chi connectivity index (χ1v) is 6.75. The largest absolute Gasteiger partial charge is 0.398 e. The third-order valence-corrected chi connectivity index (χ3v) is 3.44. The Morgan fingerprint density at radius 3 is 2.76 bits per heavy atom. The van der Waals surface area contributed by atoms with Crippen molar-refractivity contribution >= 4 is 27.8 Å². The summed E-state index contributed by atoms with van der Waals surface area (Å²) >= 11 is 0. The summed E-state index contributed by atoms with van der Waals surface area (Å²) in [4.78, 5) is 4.14. The SMILES string of the molecule is COCc1ccccc1Nc1ccc(N)c2cnccc12. The number of nitrogen functional groups attached to an aromatic ring is 1. The molecule has 0 saturated heterocycles. The third kappa shape index (κ3) is 2.66. The van der Waals surface area contributed by atoms with Gasteiger partial charge in [0, 0.05) is 52.9 Å². The number of pyridine rings is 1. The summed E-state index contributed by atoms with van der Waals surface area (Å²) < 4.78 is 5.24. The van der Waals surface area contributed by atoms with Crippen LogP contribution in [0.5, 0.6) is 0 Å². The molecule has 0 radical (unpaired) electrons. The standard InChI is InChI=1S/C17H17N3O/c1-21-11-12-4-2-3-5-16(12)20-17-7-6-15(18)14-10-19-9-8-13(14)17/h2-10,20H,11,18H2,1H3. The zero-order chi connectivity index (χ0) is 14.7. The van der Waals surface area contributed by atoms with Gasteiger partial charge in [0.1, 0.15) is 0 Å². The highest BCUT2D eigenvalue weighted by Gasteiger charge is 2.06. The fourth-order valence-corrected chi connectivity index (χ4v) is 2.39. The van der Waals surface area contributed by atoms with E-state index in [1.807, 2.05) is 42.5 Å². The molecule has 4 heteroatoms. The fourth-order valence-electron chi connectivity index (χ4n) is 2.39. The molecule has 0 bridgehead atoms. The predicted molar refractivity (Wildman–Crippen MR) is 86.6 cm³/mol. The summed E-state index contributed by atoms with van der Waals surface area (Å²) in [6.07, 6.45) is 3.56. The normalized spacial score (nSPS) is 10.7. The van der Waals surface area contributed by atoms with E-state index in [1.54, 1.807) is 19.5 Å². The Balaban J connectivity index is 2.05. The van der Waals surface area contributed by atoms with E-state index in [-0.39, 0.29) is 0 Å². The lowest BCUT2D eigenvalue weighted by Gasteiger charge is -2.14. The highest BCUT2D eigenvalue weighted by Crippen LogP contribution is 2.30. The summed E-state index contributed by atoms with van der Waals surface area (Å²) in [5.74, 6) is 0. The lowest BCUT2D eigenvalue weighted by Crippen LogP contribution is -1.99. The van der Waals surface area contributed by atoms with Crippen LogP contribution in [0, 0.1) is 0 Å². The second-order valence-electron chi connectivity index (χ2n) is 4.84. The van der Waals surface area contributed by atoms with Gasteiger partial charge in [-0.25, -0.2) is 0 Å². The number of fused-ring (bicyclic) bond motifs is 1. The van der Waals surface area contributed by atoms with Crippen LogP contribution in [0.25, 0.3) is 10.8 Å². The first kappa shape index (κ1) is 13.4. The van der Waals surface area contributed by atoms with Crippen molar-refractivity contribution in [3.63, 3.8) is 0 Å². The quantitative estimate of drug-likeness (QED) is 0.715. The topological polar surface area (TPSA) is 60.2 Å². The van der Waals surface area contributed by atoms with Gasteiger partial charge in [0.2, 0.25) is 0 Å². The van der Waals surface area contributed by atoms with Crippen LogP contribution in [0.4, 0.5) is 17.1 Å². The first-order valence-electron chi connectivity index (χ1n) is 6.75. The van der Waals surface area contributed by atoms with E-state index in [4.69, 9.17) is 10.5 Å². The van der Waals surface area contributed by atoms with Gasteiger partial charge < -0.3 is 15.8 Å². The van der Waals surface area contributed by atoms with Gasteiger partial charge in [0.05, 0.1) is 6.61 Å². The van der Waals surface area contributed by atoms with E-state index >= 15 is 0 Å². The minimum absolute atomic E-state index is 0.567. The molecule has 1 heterocycles. The number of ether oxygens (including phenoxy) is 1. The molecule has 3 N–H and O–H groups in total. The van der Waals surface area contributed by atoms with E-state index in [9.17, 15) is 0 Å². The predicted octanol–water partition coefficient (Wildman–Crippen LogP) is 3.71. The van der Waals surface area contributed by atoms with Crippen molar-refractivity contribution in [3.8, 4) is 0 Å². The van der Waals surface area contributed by atoms with Crippen molar-refractivity contribution in [2.24, 2.45) is 0 Å². The summed E-state index contributed by atoms with van der Waals surface area (Å²) in [6.45, 7) is 0.567. The van der Waals surface area contributed by atoms with Gasteiger partial charge in [0.25, 0.3) is 0 Å². The van der Waals surface area contributed by atoms with E-state index < -0.39 is 0 Å². The maximum Gasteiger partial charge on any atom is 0.0733 e. The second-order valence-corrected chi connectivity index (χ2v) is 4.84. The molecule has 3 rings (SSSR count). The van der Waals surface area contributed by atoms with Gasteiger partial charge in [-0.2, -0.15) is 0 Å². The smallest absolute Gasteiger partial charge is 0.0733 e. The Labute approximate surface area is 123 Å². The van der Waals surface area contributed by atoms with Crippen LogP contribution in [0.2, 0.25) is 0 Å². The Hall–Kier alpha value is -2.59. The van der Waals surface area contributed by atoms with Crippen molar-refractivity contribution in [1.82, 2.24) is 4.98 Å². The van der Waals surface area contributed by atoms with E-state index in [1.165, 1.54) is 0 Å². The molecule has 0 aliphatic rings. The molecule has 0 amide bonds. The maximum atomic E-state index is 6.01. The molecule has 2 aromatic carbocycles. The Bertz CT molecular complexity index is 771. The number of benzene rings is 2. The summed E-state index contributed by atoms with van der Waals surface area (Å²) in [5.41, 5.74) is 9.88. The zero-order valence-electron chi connectivity index (χ0n) is 11.8. The number of rotatable bonds is 4. The molecule has 1 aromatic heterocycles. The molecule has 106 valence electrons. The van der Waals surface area contributed by atoms with Crippen LogP contribution in [0.3, 0.4) is 0 Å². The number of nitrogens with one attached hydrogen (secondary N) is 1. The molecular weight excluding hydrogens is 262 g/mol. The molecule has 4 nitrogen and oxygen atoms in total. The van der Waals surface area contributed by atoms with Crippen LogP contribution in [0.1, 0.15) is 5.56 Å². The maximum absolute atomic E-state index is 6.01. The average molecular weight is 279 g/mol. The van der Waals surface area contributed by atoms with Gasteiger partial charge >= 0.3 is 0 Å². The number of para-hydroxylation sites is 1. The van der Waals surface area contributed by atoms with Crippen LogP contribution < -0.4 is 11.1 Å². The number of anilines is 3. The van der Waals surface area contributed by atoms with E-state index in [0.717, 1.165) is 33.4 Å². The van der Waals surface area contributed by atoms with Crippen LogP contribution >= 0.6 is 0 Å². The molecule has 0 spiro atoms. The lowest BCUT2D eigenvalue weighted by atomic mass is 10.1. The van der Waals surface area contributed by atoms with E-state index in [2.05, 4.69) is 10.3 Å². The highest BCUT2D eigenvalue weighted by molar-refractivity contribution is 6.01. The molecule has 0 saturated carbocycles. The molecule has 0 aliphatic heterocycles. The minimum atomic E-state index is 0.567. The molecule has 0 atom stereocenters. The Morgan fingerprint density at radius 2 is 1.90 bits per heavy atom. The van der Waals surface area contributed by atoms with Gasteiger partial charge in [0.15, 0.2) is 0 Å². The van der Waals surface area contributed by atoms with Crippen molar-refractivity contribution < 1.29 is 4.74 Å². The first-order chi connectivity index (χ1) is 10.3. The summed E-state index contributed by atoms with van der Waals surface area (Å²) in [6, 6.07) is 13.9. The van der Waals surface area contributed by atoms with Gasteiger partial charge in [-0.15, -0.1) is 0 Å². The molecule has 0 aliphatic carbocycles.